The van der Waals surface area contributed by atoms with E-state index in [9.17, 15) is 22.4 Å². The lowest BCUT2D eigenvalue weighted by atomic mass is 10.1. The summed E-state index contributed by atoms with van der Waals surface area (Å²) >= 11 is 0. The van der Waals surface area contributed by atoms with Crippen molar-refractivity contribution in [3.05, 3.63) is 81.8 Å². The predicted molar refractivity (Wildman–Crippen MR) is 85.7 cm³/mol. The summed E-state index contributed by atoms with van der Waals surface area (Å²) in [6.45, 7) is 0. The summed E-state index contributed by atoms with van der Waals surface area (Å²) < 4.78 is 54.7. The standard InChI is InChI=1S/C18H13F4N3O/c19-14-7-6-12(10-13(14)18(20,21)22)25-17(26)24-15(8-9-16(24)23-25)11-4-2-1-3-5-11/h1-7,10,15H,8-9H2/t15-/m0/s1. The summed E-state index contributed by atoms with van der Waals surface area (Å²) in [7, 11) is 0. The van der Waals surface area contributed by atoms with E-state index in [1.807, 2.05) is 30.3 Å². The number of aromatic nitrogens is 3. The predicted octanol–water partition coefficient (Wildman–Crippen LogP) is 3.73. The monoisotopic (exact) mass is 363 g/mol. The summed E-state index contributed by atoms with van der Waals surface area (Å²) in [5.41, 5.74) is -1.14. The van der Waals surface area contributed by atoms with Gasteiger partial charge in [-0.15, -0.1) is 5.10 Å². The van der Waals surface area contributed by atoms with Crippen LogP contribution in [0.25, 0.3) is 5.69 Å². The maximum Gasteiger partial charge on any atom is 0.419 e. The van der Waals surface area contributed by atoms with Gasteiger partial charge in [0.25, 0.3) is 0 Å². The summed E-state index contributed by atoms with van der Waals surface area (Å²) in [5, 5.41) is 4.17. The number of rotatable bonds is 2. The molecule has 26 heavy (non-hydrogen) atoms. The minimum Gasteiger partial charge on any atom is -0.271 e. The van der Waals surface area contributed by atoms with Crippen LogP contribution in [-0.4, -0.2) is 14.3 Å². The molecule has 0 N–H and O–H groups in total. The topological polar surface area (TPSA) is 39.8 Å². The van der Waals surface area contributed by atoms with E-state index in [1.54, 1.807) is 0 Å². The molecule has 0 unspecified atom stereocenters. The molecule has 2 heterocycles. The second-order valence-corrected chi connectivity index (χ2v) is 6.11. The summed E-state index contributed by atoms with van der Waals surface area (Å²) in [6, 6.07) is 11.6. The van der Waals surface area contributed by atoms with Gasteiger partial charge in [-0.25, -0.2) is 9.18 Å². The molecule has 0 spiro atoms. The smallest absolute Gasteiger partial charge is 0.271 e. The van der Waals surface area contributed by atoms with Crippen LogP contribution < -0.4 is 5.69 Å². The molecule has 3 aromatic rings. The summed E-state index contributed by atoms with van der Waals surface area (Å²) in [4.78, 5) is 12.8. The lowest BCUT2D eigenvalue weighted by molar-refractivity contribution is -0.140. The van der Waals surface area contributed by atoms with Crippen molar-refractivity contribution in [2.75, 3.05) is 0 Å². The van der Waals surface area contributed by atoms with Gasteiger partial charge in [0.2, 0.25) is 0 Å². The number of nitrogens with zero attached hydrogens (tertiary/aromatic N) is 3. The Morgan fingerprint density at radius 2 is 1.81 bits per heavy atom. The first-order chi connectivity index (χ1) is 12.4. The van der Waals surface area contributed by atoms with Crippen LogP contribution >= 0.6 is 0 Å². The highest BCUT2D eigenvalue weighted by atomic mass is 19.4. The number of halogens is 4. The Kier molecular flexibility index (Phi) is 3.71. The van der Waals surface area contributed by atoms with Crippen LogP contribution in [0.2, 0.25) is 0 Å². The fraction of sp³-hybridized carbons (Fsp3) is 0.222. The van der Waals surface area contributed by atoms with E-state index >= 15 is 0 Å². The molecule has 8 heteroatoms. The molecule has 1 atom stereocenters. The molecule has 1 aliphatic rings. The van der Waals surface area contributed by atoms with Gasteiger partial charge in [0.05, 0.1) is 17.3 Å². The van der Waals surface area contributed by atoms with Gasteiger partial charge in [-0.1, -0.05) is 30.3 Å². The Bertz CT molecular complexity index is 1020. The van der Waals surface area contributed by atoms with Crippen molar-refractivity contribution < 1.29 is 17.6 Å². The summed E-state index contributed by atoms with van der Waals surface area (Å²) in [6.07, 6.45) is -3.62. The van der Waals surface area contributed by atoms with Crippen LogP contribution in [0.1, 0.15) is 29.4 Å². The van der Waals surface area contributed by atoms with Crippen LogP contribution in [-0.2, 0) is 12.6 Å². The van der Waals surface area contributed by atoms with E-state index in [2.05, 4.69) is 5.10 Å². The normalized spacial score (nSPS) is 16.7. The largest absolute Gasteiger partial charge is 0.419 e. The molecule has 0 aliphatic carbocycles. The first-order valence-corrected chi connectivity index (χ1v) is 7.99. The van der Waals surface area contributed by atoms with E-state index in [-0.39, 0.29) is 11.7 Å². The molecular formula is C18H13F4N3O. The number of alkyl halides is 3. The average molecular weight is 363 g/mol. The van der Waals surface area contributed by atoms with Crippen LogP contribution in [0.5, 0.6) is 0 Å². The highest BCUT2D eigenvalue weighted by Crippen LogP contribution is 2.33. The zero-order valence-corrected chi connectivity index (χ0v) is 13.4. The highest BCUT2D eigenvalue weighted by Gasteiger charge is 2.35. The van der Waals surface area contributed by atoms with E-state index in [0.29, 0.717) is 30.8 Å². The van der Waals surface area contributed by atoms with Crippen LogP contribution in [0.15, 0.2) is 53.3 Å². The molecule has 0 fully saturated rings. The Balaban J connectivity index is 1.81. The third kappa shape index (κ3) is 2.61. The number of aryl methyl sites for hydroxylation is 1. The van der Waals surface area contributed by atoms with Crippen LogP contribution in [0, 0.1) is 5.82 Å². The lowest BCUT2D eigenvalue weighted by Gasteiger charge is -2.12. The SMILES string of the molecule is O=c1n(-c2ccc(F)c(C(F)(F)F)c2)nc2n1[C@H](c1ccccc1)CC2. The van der Waals surface area contributed by atoms with Gasteiger partial charge < -0.3 is 0 Å². The summed E-state index contributed by atoms with van der Waals surface area (Å²) in [5.74, 6) is -0.884. The van der Waals surface area contributed by atoms with Gasteiger partial charge in [0.1, 0.15) is 11.6 Å². The molecule has 1 aliphatic heterocycles. The van der Waals surface area contributed by atoms with Crippen molar-refractivity contribution in [3.8, 4) is 5.69 Å². The van der Waals surface area contributed by atoms with Gasteiger partial charge in [-0.2, -0.15) is 17.9 Å². The quantitative estimate of drug-likeness (QED) is 0.651. The fourth-order valence-corrected chi connectivity index (χ4v) is 3.32. The third-order valence-corrected chi connectivity index (χ3v) is 4.52. The number of hydrogen-bond acceptors (Lipinski definition) is 2. The Hall–Kier alpha value is -2.90. The Morgan fingerprint density at radius 1 is 1.08 bits per heavy atom. The molecule has 4 rings (SSSR count). The van der Waals surface area contributed by atoms with Crippen LogP contribution in [0.3, 0.4) is 0 Å². The molecule has 0 bridgehead atoms. The van der Waals surface area contributed by atoms with Crippen molar-refractivity contribution in [3.63, 3.8) is 0 Å². The van der Waals surface area contributed by atoms with E-state index in [4.69, 9.17) is 0 Å². The van der Waals surface area contributed by atoms with Gasteiger partial charge in [0, 0.05) is 6.42 Å². The van der Waals surface area contributed by atoms with Gasteiger partial charge in [-0.3, -0.25) is 4.57 Å². The molecule has 2 aromatic carbocycles. The van der Waals surface area contributed by atoms with Crippen molar-refractivity contribution >= 4 is 0 Å². The van der Waals surface area contributed by atoms with E-state index < -0.39 is 23.2 Å². The second-order valence-electron chi connectivity index (χ2n) is 6.11. The van der Waals surface area contributed by atoms with Gasteiger partial charge in [0.15, 0.2) is 0 Å². The minimum atomic E-state index is -4.85. The zero-order valence-electron chi connectivity index (χ0n) is 13.4. The van der Waals surface area contributed by atoms with E-state index in [1.165, 1.54) is 4.57 Å². The third-order valence-electron chi connectivity index (χ3n) is 4.52. The Morgan fingerprint density at radius 3 is 2.50 bits per heavy atom. The lowest BCUT2D eigenvalue weighted by Crippen LogP contribution is -2.26. The van der Waals surface area contributed by atoms with Crippen molar-refractivity contribution in [1.82, 2.24) is 14.3 Å². The maximum atomic E-state index is 13.5. The number of benzene rings is 2. The minimum absolute atomic E-state index is 0.113. The number of fused-ring (bicyclic) bond motifs is 1. The maximum absolute atomic E-state index is 13.5. The van der Waals surface area contributed by atoms with Crippen molar-refractivity contribution in [2.45, 2.75) is 25.1 Å². The van der Waals surface area contributed by atoms with Crippen molar-refractivity contribution in [1.29, 1.82) is 0 Å². The first-order valence-electron chi connectivity index (χ1n) is 7.99. The van der Waals surface area contributed by atoms with Gasteiger partial charge >= 0.3 is 11.9 Å². The number of hydrogen-bond donors (Lipinski definition) is 0. The van der Waals surface area contributed by atoms with Crippen LogP contribution in [0.4, 0.5) is 17.6 Å². The highest BCUT2D eigenvalue weighted by molar-refractivity contribution is 5.37. The molecule has 4 nitrogen and oxygen atoms in total. The molecule has 0 amide bonds. The molecular weight excluding hydrogens is 350 g/mol. The Labute approximate surface area is 145 Å². The average Bonchev–Trinajstić information content (AvgIpc) is 3.16. The zero-order chi connectivity index (χ0) is 18.5. The van der Waals surface area contributed by atoms with Crippen molar-refractivity contribution in [2.24, 2.45) is 0 Å². The molecule has 134 valence electrons. The molecule has 1 aromatic heterocycles. The molecule has 0 saturated carbocycles. The molecule has 0 saturated heterocycles. The van der Waals surface area contributed by atoms with Gasteiger partial charge in [-0.05, 0) is 30.2 Å². The van der Waals surface area contributed by atoms with E-state index in [0.717, 1.165) is 16.3 Å². The second kappa shape index (κ2) is 5.82. The fourth-order valence-electron chi connectivity index (χ4n) is 3.32. The molecule has 0 radical (unpaired) electrons. The first kappa shape index (κ1) is 16.6.